The summed E-state index contributed by atoms with van der Waals surface area (Å²) in [5.41, 5.74) is 4.74. The van der Waals surface area contributed by atoms with Gasteiger partial charge >= 0.3 is 0 Å². The Balaban J connectivity index is 1.30. The fraction of sp³-hybridized carbons (Fsp3) is 0.348. The molecule has 7 nitrogen and oxygen atoms in total. The quantitative estimate of drug-likeness (QED) is 0.240. The zero-order valence-electron chi connectivity index (χ0n) is 17.7. The Morgan fingerprint density at radius 1 is 1.10 bits per heavy atom. The molecule has 0 aliphatic carbocycles. The van der Waals surface area contributed by atoms with Crippen LogP contribution in [0.1, 0.15) is 30.3 Å². The second-order valence-electron chi connectivity index (χ2n) is 7.40. The first kappa shape index (κ1) is 19.9. The molecule has 0 saturated heterocycles. The molecular formula is C23H29N7. The topological polar surface area (TPSA) is 82.4 Å². The highest BCUT2D eigenvalue weighted by atomic mass is 15.2. The molecule has 0 fully saturated rings. The molecule has 4 rings (SSSR count). The van der Waals surface area contributed by atoms with Crippen molar-refractivity contribution in [3.05, 3.63) is 65.7 Å². The molecule has 3 heterocycles. The van der Waals surface area contributed by atoms with E-state index >= 15 is 0 Å². The molecule has 0 radical (unpaired) electrons. The Kier molecular flexibility index (Phi) is 6.27. The Hall–Kier alpha value is -3.35. The average molecular weight is 404 g/mol. The second kappa shape index (κ2) is 9.43. The van der Waals surface area contributed by atoms with E-state index in [2.05, 4.69) is 64.1 Å². The molecule has 156 valence electrons. The number of aliphatic imine (C=N–C) groups is 1. The van der Waals surface area contributed by atoms with E-state index in [0.717, 1.165) is 56.3 Å². The molecule has 4 aromatic rings. The van der Waals surface area contributed by atoms with E-state index < -0.39 is 0 Å². The lowest BCUT2D eigenvalue weighted by Crippen LogP contribution is -2.38. The van der Waals surface area contributed by atoms with Crippen LogP contribution >= 0.6 is 0 Å². The van der Waals surface area contributed by atoms with E-state index in [1.165, 1.54) is 22.0 Å². The van der Waals surface area contributed by atoms with Gasteiger partial charge < -0.3 is 15.6 Å². The third-order valence-electron chi connectivity index (χ3n) is 5.24. The number of hydrogen-bond donors (Lipinski definition) is 3. The molecule has 30 heavy (non-hydrogen) atoms. The first-order valence-electron chi connectivity index (χ1n) is 10.6. The number of fused-ring (bicyclic) bond motifs is 2. The van der Waals surface area contributed by atoms with Gasteiger partial charge in [0, 0.05) is 49.4 Å². The summed E-state index contributed by atoms with van der Waals surface area (Å²) in [6, 6.07) is 12.3. The van der Waals surface area contributed by atoms with Crippen molar-refractivity contribution in [1.82, 2.24) is 30.2 Å². The summed E-state index contributed by atoms with van der Waals surface area (Å²) >= 11 is 0. The minimum Gasteiger partial charge on any atom is -0.361 e. The molecule has 0 aliphatic heterocycles. The molecule has 0 amide bonds. The average Bonchev–Trinajstić information content (AvgIpc) is 3.36. The summed E-state index contributed by atoms with van der Waals surface area (Å²) in [6.45, 7) is 6.66. The van der Waals surface area contributed by atoms with Crippen molar-refractivity contribution in [2.75, 3.05) is 19.6 Å². The molecule has 3 aromatic heterocycles. The fourth-order valence-electron chi connectivity index (χ4n) is 3.80. The third kappa shape index (κ3) is 4.45. The van der Waals surface area contributed by atoms with Crippen molar-refractivity contribution < 1.29 is 0 Å². The normalized spacial score (nSPS) is 12.0. The highest BCUT2D eigenvalue weighted by Crippen LogP contribution is 2.22. The fourth-order valence-corrected chi connectivity index (χ4v) is 3.80. The number of pyridine rings is 1. The molecule has 1 aromatic carbocycles. The standard InChI is InChI=1S/C23H29N7/c1-3-24-23(25-13-7-11-21-29-28-20-10-4-5-15-30(20)21)26-14-12-18-16-27-19-9-6-8-17(2)22(18)19/h4-6,8-10,15-16,27H,3,7,11-14H2,1-2H3,(H2,24,25,26). The third-order valence-corrected chi connectivity index (χ3v) is 5.24. The minimum atomic E-state index is 0.739. The maximum atomic E-state index is 4.72. The predicted octanol–water partition coefficient (Wildman–Crippen LogP) is 3.25. The zero-order chi connectivity index (χ0) is 20.8. The van der Waals surface area contributed by atoms with Gasteiger partial charge in [0.15, 0.2) is 11.6 Å². The summed E-state index contributed by atoms with van der Waals surface area (Å²) in [7, 11) is 0. The first-order chi connectivity index (χ1) is 14.8. The summed E-state index contributed by atoms with van der Waals surface area (Å²) in [6.07, 6.45) is 6.84. The van der Waals surface area contributed by atoms with E-state index in [1.807, 2.05) is 28.8 Å². The Morgan fingerprint density at radius 2 is 2.03 bits per heavy atom. The van der Waals surface area contributed by atoms with Crippen LogP contribution in [-0.4, -0.2) is 45.2 Å². The van der Waals surface area contributed by atoms with Crippen molar-refractivity contribution in [3.8, 4) is 0 Å². The van der Waals surface area contributed by atoms with Crippen LogP contribution in [0.3, 0.4) is 0 Å². The van der Waals surface area contributed by atoms with Gasteiger partial charge in [0.1, 0.15) is 5.82 Å². The van der Waals surface area contributed by atoms with Crippen LogP contribution in [0.25, 0.3) is 16.6 Å². The van der Waals surface area contributed by atoms with Crippen molar-refractivity contribution >= 4 is 22.5 Å². The van der Waals surface area contributed by atoms with Gasteiger partial charge in [0.25, 0.3) is 0 Å². The minimum absolute atomic E-state index is 0.739. The predicted molar refractivity (Wildman–Crippen MR) is 122 cm³/mol. The van der Waals surface area contributed by atoms with Crippen molar-refractivity contribution in [3.63, 3.8) is 0 Å². The number of nitrogens with zero attached hydrogens (tertiary/aromatic N) is 4. The van der Waals surface area contributed by atoms with Crippen molar-refractivity contribution in [2.24, 2.45) is 4.99 Å². The Morgan fingerprint density at radius 3 is 2.93 bits per heavy atom. The van der Waals surface area contributed by atoms with Crippen molar-refractivity contribution in [1.29, 1.82) is 0 Å². The molecular weight excluding hydrogens is 374 g/mol. The van der Waals surface area contributed by atoms with Crippen LogP contribution in [-0.2, 0) is 12.8 Å². The lowest BCUT2D eigenvalue weighted by Gasteiger charge is -2.11. The Labute approximate surface area is 176 Å². The maximum Gasteiger partial charge on any atom is 0.191 e. The van der Waals surface area contributed by atoms with Gasteiger partial charge in [-0.25, -0.2) is 0 Å². The molecule has 0 saturated carbocycles. The van der Waals surface area contributed by atoms with Gasteiger partial charge in [-0.1, -0.05) is 18.2 Å². The van der Waals surface area contributed by atoms with Crippen LogP contribution in [0.4, 0.5) is 0 Å². The first-order valence-corrected chi connectivity index (χ1v) is 10.6. The summed E-state index contributed by atoms with van der Waals surface area (Å²) in [5.74, 6) is 1.84. The van der Waals surface area contributed by atoms with E-state index in [-0.39, 0.29) is 0 Å². The van der Waals surface area contributed by atoms with Gasteiger partial charge in [0.2, 0.25) is 0 Å². The van der Waals surface area contributed by atoms with Gasteiger partial charge in [-0.2, -0.15) is 0 Å². The van der Waals surface area contributed by atoms with Gasteiger partial charge in [0.05, 0.1) is 0 Å². The highest BCUT2D eigenvalue weighted by molar-refractivity contribution is 5.86. The highest BCUT2D eigenvalue weighted by Gasteiger charge is 2.07. The van der Waals surface area contributed by atoms with Gasteiger partial charge in [-0.05, 0) is 56.0 Å². The second-order valence-corrected chi connectivity index (χ2v) is 7.40. The molecule has 0 aliphatic rings. The SMILES string of the molecule is CCNC(=NCCCc1nnc2ccccn12)NCCc1c[nH]c2cccc(C)c12. The number of rotatable bonds is 8. The monoisotopic (exact) mass is 403 g/mol. The van der Waals surface area contributed by atoms with Crippen LogP contribution in [0, 0.1) is 6.92 Å². The van der Waals surface area contributed by atoms with E-state index in [1.54, 1.807) is 0 Å². The molecule has 3 N–H and O–H groups in total. The smallest absolute Gasteiger partial charge is 0.191 e. The molecule has 7 heteroatoms. The zero-order valence-corrected chi connectivity index (χ0v) is 17.7. The lowest BCUT2D eigenvalue weighted by atomic mass is 10.1. The molecule has 0 atom stereocenters. The number of H-pyrrole nitrogens is 1. The Bertz CT molecular complexity index is 1140. The summed E-state index contributed by atoms with van der Waals surface area (Å²) in [5, 5.41) is 16.6. The summed E-state index contributed by atoms with van der Waals surface area (Å²) < 4.78 is 2.04. The van der Waals surface area contributed by atoms with E-state index in [9.17, 15) is 0 Å². The maximum absolute atomic E-state index is 4.72. The number of aromatic nitrogens is 4. The number of aromatic amines is 1. The number of hydrogen-bond acceptors (Lipinski definition) is 3. The van der Waals surface area contributed by atoms with Gasteiger partial charge in [-0.15, -0.1) is 10.2 Å². The van der Waals surface area contributed by atoms with E-state index in [0.29, 0.717) is 0 Å². The van der Waals surface area contributed by atoms with Gasteiger partial charge in [-0.3, -0.25) is 9.39 Å². The molecule has 0 spiro atoms. The largest absolute Gasteiger partial charge is 0.361 e. The molecule has 0 bridgehead atoms. The van der Waals surface area contributed by atoms with Crippen LogP contribution in [0.5, 0.6) is 0 Å². The van der Waals surface area contributed by atoms with E-state index in [4.69, 9.17) is 4.99 Å². The summed E-state index contributed by atoms with van der Waals surface area (Å²) in [4.78, 5) is 8.09. The van der Waals surface area contributed by atoms with Crippen LogP contribution < -0.4 is 10.6 Å². The number of benzene rings is 1. The number of aryl methyl sites for hydroxylation is 2. The van der Waals surface area contributed by atoms with Crippen LogP contribution in [0.15, 0.2) is 53.8 Å². The lowest BCUT2D eigenvalue weighted by molar-refractivity contribution is 0.750. The van der Waals surface area contributed by atoms with Crippen molar-refractivity contribution in [2.45, 2.75) is 33.1 Å². The number of nitrogens with one attached hydrogen (secondary N) is 3. The molecule has 0 unspecified atom stereocenters. The van der Waals surface area contributed by atoms with Crippen LogP contribution in [0.2, 0.25) is 0 Å². The number of guanidine groups is 1.